The summed E-state index contributed by atoms with van der Waals surface area (Å²) in [5.41, 5.74) is 0.945. The van der Waals surface area contributed by atoms with Crippen LogP contribution in [0, 0.1) is 0 Å². The summed E-state index contributed by atoms with van der Waals surface area (Å²) in [4.78, 5) is 20.8. The van der Waals surface area contributed by atoms with Crippen molar-refractivity contribution in [3.8, 4) is 0 Å². The first-order valence-corrected chi connectivity index (χ1v) is 8.39. The van der Waals surface area contributed by atoms with Gasteiger partial charge in [-0.05, 0) is 17.7 Å². The summed E-state index contributed by atoms with van der Waals surface area (Å²) >= 11 is 5.84. The molecule has 1 N–H and O–H groups in total. The molecule has 0 aliphatic heterocycles. The molecule has 0 bridgehead atoms. The lowest BCUT2D eigenvalue weighted by atomic mass is 10.1. The number of rotatable bonds is 5. The Morgan fingerprint density at radius 3 is 2.85 bits per heavy atom. The molecule has 1 atom stereocenters. The highest BCUT2D eigenvalue weighted by Gasteiger charge is 2.16. The zero-order valence-corrected chi connectivity index (χ0v) is 14.9. The van der Waals surface area contributed by atoms with E-state index in [0.717, 1.165) is 0 Å². The highest BCUT2D eigenvalue weighted by Crippen LogP contribution is 2.19. The summed E-state index contributed by atoms with van der Waals surface area (Å²) in [5, 5.41) is 22.3. The van der Waals surface area contributed by atoms with Gasteiger partial charge in [0.2, 0.25) is 11.5 Å². The third kappa shape index (κ3) is 3.44. The van der Waals surface area contributed by atoms with Crippen molar-refractivity contribution in [2.24, 2.45) is 7.05 Å². The molecular formula is C16H14ClN7O3. The van der Waals surface area contributed by atoms with E-state index in [1.807, 2.05) is 0 Å². The minimum Gasteiger partial charge on any atom is -0.388 e. The number of fused-ring (bicyclic) bond motifs is 1. The highest BCUT2D eigenvalue weighted by atomic mass is 35.5. The second-order valence-corrected chi connectivity index (χ2v) is 6.38. The van der Waals surface area contributed by atoms with Crippen LogP contribution in [0.3, 0.4) is 0 Å². The summed E-state index contributed by atoms with van der Waals surface area (Å²) in [5.74, 6) is 0.559. The molecule has 0 saturated carbocycles. The second-order valence-electron chi connectivity index (χ2n) is 5.94. The number of hydrogen-bond donors (Lipinski definition) is 1. The lowest BCUT2D eigenvalue weighted by Gasteiger charge is -2.08. The van der Waals surface area contributed by atoms with Gasteiger partial charge in [0.1, 0.15) is 12.9 Å². The Kier molecular flexibility index (Phi) is 4.42. The normalized spacial score (nSPS) is 12.6. The fourth-order valence-corrected chi connectivity index (χ4v) is 2.78. The lowest BCUT2D eigenvalue weighted by Crippen LogP contribution is -2.22. The fraction of sp³-hybridized carbons (Fsp3) is 0.250. The Morgan fingerprint density at radius 1 is 1.30 bits per heavy atom. The second kappa shape index (κ2) is 6.89. The average Bonchev–Trinajstić information content (AvgIpc) is 3.25. The molecule has 3 aromatic heterocycles. The van der Waals surface area contributed by atoms with Crippen LogP contribution in [0.5, 0.6) is 0 Å². The number of hydrogen-bond acceptors (Lipinski definition) is 8. The van der Waals surface area contributed by atoms with Gasteiger partial charge in [-0.25, -0.2) is 9.67 Å². The fourth-order valence-electron chi connectivity index (χ4n) is 2.65. The Morgan fingerprint density at radius 2 is 2.07 bits per heavy atom. The van der Waals surface area contributed by atoms with E-state index in [2.05, 4.69) is 25.4 Å². The molecule has 0 aliphatic carbocycles. The smallest absolute Gasteiger partial charge is 0.281 e. The van der Waals surface area contributed by atoms with Crippen LogP contribution < -0.4 is 5.56 Å². The van der Waals surface area contributed by atoms with E-state index in [9.17, 15) is 9.90 Å². The van der Waals surface area contributed by atoms with Gasteiger partial charge in [0.25, 0.3) is 5.56 Å². The van der Waals surface area contributed by atoms with Gasteiger partial charge in [0, 0.05) is 18.5 Å². The maximum Gasteiger partial charge on any atom is 0.281 e. The molecule has 0 radical (unpaired) electrons. The SMILES string of the molecule is Cn1nnc2ncn(Cc3nc(CC(O)c4ccc(Cl)cc4)no3)c(=O)c21. The molecule has 1 aromatic carbocycles. The molecule has 10 nitrogen and oxygen atoms in total. The average molecular weight is 388 g/mol. The zero-order chi connectivity index (χ0) is 19.0. The number of nitrogens with zero attached hydrogens (tertiary/aromatic N) is 7. The standard InChI is InChI=1S/C16H14ClN7O3/c1-23-14-15(20-22-23)18-8-24(16(14)26)7-13-19-12(21-27-13)6-11(25)9-2-4-10(17)5-3-9/h2-5,8,11,25H,6-7H2,1H3. The number of aromatic nitrogens is 7. The number of aliphatic hydroxyl groups excluding tert-OH is 1. The van der Waals surface area contributed by atoms with Crippen molar-refractivity contribution in [1.82, 2.24) is 34.7 Å². The topological polar surface area (TPSA) is 125 Å². The molecule has 0 aliphatic rings. The lowest BCUT2D eigenvalue weighted by molar-refractivity contribution is 0.174. The van der Waals surface area contributed by atoms with Crippen molar-refractivity contribution < 1.29 is 9.63 Å². The predicted molar refractivity (Wildman–Crippen MR) is 94.1 cm³/mol. The zero-order valence-electron chi connectivity index (χ0n) is 14.2. The molecular weight excluding hydrogens is 374 g/mol. The van der Waals surface area contributed by atoms with Crippen molar-refractivity contribution in [1.29, 1.82) is 0 Å². The molecule has 0 saturated heterocycles. The van der Waals surface area contributed by atoms with E-state index in [1.165, 1.54) is 15.6 Å². The maximum absolute atomic E-state index is 12.5. The first-order chi connectivity index (χ1) is 13.0. The van der Waals surface area contributed by atoms with E-state index < -0.39 is 6.10 Å². The van der Waals surface area contributed by atoms with Crippen LogP contribution in [0.1, 0.15) is 23.4 Å². The predicted octanol–water partition coefficient (Wildman–Crippen LogP) is 0.886. The molecule has 0 spiro atoms. The van der Waals surface area contributed by atoms with E-state index in [0.29, 0.717) is 16.4 Å². The van der Waals surface area contributed by atoms with Crippen molar-refractivity contribution in [2.45, 2.75) is 19.1 Å². The molecule has 4 rings (SSSR count). The molecule has 0 amide bonds. The quantitative estimate of drug-likeness (QED) is 0.535. The van der Waals surface area contributed by atoms with Gasteiger partial charge in [-0.1, -0.05) is 34.1 Å². The minimum atomic E-state index is -0.797. The van der Waals surface area contributed by atoms with E-state index in [4.69, 9.17) is 16.1 Å². The number of halogens is 1. The van der Waals surface area contributed by atoms with Crippen molar-refractivity contribution in [3.63, 3.8) is 0 Å². The van der Waals surface area contributed by atoms with Gasteiger partial charge in [0.05, 0.1) is 6.10 Å². The molecule has 1 unspecified atom stereocenters. The molecule has 3 heterocycles. The largest absolute Gasteiger partial charge is 0.388 e. The van der Waals surface area contributed by atoms with Crippen LogP contribution in [0.25, 0.3) is 11.2 Å². The van der Waals surface area contributed by atoms with Gasteiger partial charge in [-0.15, -0.1) is 5.10 Å². The monoisotopic (exact) mass is 387 g/mol. The Labute approximate surface area is 157 Å². The molecule has 27 heavy (non-hydrogen) atoms. The van der Waals surface area contributed by atoms with Crippen LogP contribution in [0.15, 0.2) is 39.9 Å². The van der Waals surface area contributed by atoms with E-state index in [1.54, 1.807) is 31.3 Å². The Balaban J connectivity index is 1.51. The highest BCUT2D eigenvalue weighted by molar-refractivity contribution is 6.30. The molecule has 4 aromatic rings. The third-order valence-corrected chi connectivity index (χ3v) is 4.29. The molecule has 11 heteroatoms. The van der Waals surface area contributed by atoms with Crippen LogP contribution in [-0.2, 0) is 20.0 Å². The van der Waals surface area contributed by atoms with Crippen molar-refractivity contribution in [3.05, 3.63) is 63.2 Å². The Hall–Kier alpha value is -3.11. The minimum absolute atomic E-state index is 0.0526. The summed E-state index contributed by atoms with van der Waals surface area (Å²) in [7, 11) is 1.62. The van der Waals surface area contributed by atoms with E-state index >= 15 is 0 Å². The maximum atomic E-state index is 12.5. The van der Waals surface area contributed by atoms with Crippen LogP contribution in [-0.4, -0.2) is 39.8 Å². The first-order valence-electron chi connectivity index (χ1n) is 8.01. The van der Waals surface area contributed by atoms with Gasteiger partial charge in [0.15, 0.2) is 11.3 Å². The number of aryl methyl sites for hydroxylation is 1. The van der Waals surface area contributed by atoms with Crippen LogP contribution in [0.4, 0.5) is 0 Å². The van der Waals surface area contributed by atoms with Crippen LogP contribution >= 0.6 is 11.6 Å². The number of aliphatic hydroxyl groups is 1. The summed E-state index contributed by atoms with van der Waals surface area (Å²) in [6.07, 6.45) is 0.725. The molecule has 138 valence electrons. The van der Waals surface area contributed by atoms with E-state index in [-0.39, 0.29) is 35.6 Å². The van der Waals surface area contributed by atoms with Crippen LogP contribution in [0.2, 0.25) is 5.02 Å². The van der Waals surface area contributed by atoms with Gasteiger partial charge < -0.3 is 9.63 Å². The van der Waals surface area contributed by atoms with Crippen molar-refractivity contribution in [2.75, 3.05) is 0 Å². The summed E-state index contributed by atoms with van der Waals surface area (Å²) in [6.45, 7) is 0.0526. The van der Waals surface area contributed by atoms with Crippen molar-refractivity contribution >= 4 is 22.8 Å². The number of benzene rings is 1. The third-order valence-electron chi connectivity index (χ3n) is 4.04. The Bertz CT molecular complexity index is 1150. The van der Waals surface area contributed by atoms with Gasteiger partial charge in [-0.2, -0.15) is 4.98 Å². The van der Waals surface area contributed by atoms with Gasteiger partial charge in [-0.3, -0.25) is 9.36 Å². The van der Waals surface area contributed by atoms with Gasteiger partial charge >= 0.3 is 0 Å². The summed E-state index contributed by atoms with van der Waals surface area (Å²) in [6, 6.07) is 6.86. The summed E-state index contributed by atoms with van der Waals surface area (Å²) < 4.78 is 7.88. The first kappa shape index (κ1) is 17.3. The molecule has 0 fully saturated rings.